The van der Waals surface area contributed by atoms with Crippen molar-refractivity contribution in [3.05, 3.63) is 58.6 Å². The predicted molar refractivity (Wildman–Crippen MR) is 114 cm³/mol. The summed E-state index contributed by atoms with van der Waals surface area (Å²) in [5.41, 5.74) is 1.07. The van der Waals surface area contributed by atoms with Gasteiger partial charge in [0, 0.05) is 17.7 Å². The highest BCUT2D eigenvalue weighted by atomic mass is 35.5. The number of nitrogens with zero attached hydrogens (tertiary/aromatic N) is 2. The fourth-order valence-electron chi connectivity index (χ4n) is 2.59. The number of hydrogen-bond donors (Lipinski definition) is 3. The smallest absolute Gasteiger partial charge is 0.406 e. The van der Waals surface area contributed by atoms with E-state index >= 15 is 0 Å². The highest BCUT2D eigenvalue weighted by molar-refractivity contribution is 6.39. The van der Waals surface area contributed by atoms with Gasteiger partial charge < -0.3 is 20.5 Å². The number of para-hydroxylation sites is 1. The molecule has 0 aliphatic carbocycles. The Morgan fingerprint density at radius 3 is 2.39 bits per heavy atom. The minimum atomic E-state index is -4.82. The van der Waals surface area contributed by atoms with Crippen molar-refractivity contribution in [1.82, 2.24) is 9.97 Å². The largest absolute Gasteiger partial charge is 0.573 e. The molecular weight excluding hydrogens is 456 g/mol. The molecular formula is C20H17Cl2F3N4O2. The van der Waals surface area contributed by atoms with Gasteiger partial charge in [-0.15, -0.1) is 13.2 Å². The van der Waals surface area contributed by atoms with Gasteiger partial charge in [0.05, 0.1) is 28.0 Å². The van der Waals surface area contributed by atoms with Gasteiger partial charge in [-0.25, -0.2) is 4.98 Å². The Kier molecular flexibility index (Phi) is 7.09. The Labute approximate surface area is 186 Å². The molecule has 0 radical (unpaired) electrons. The van der Waals surface area contributed by atoms with Crippen LogP contribution >= 0.6 is 23.2 Å². The monoisotopic (exact) mass is 472 g/mol. The third kappa shape index (κ3) is 6.36. The first-order valence-corrected chi connectivity index (χ1v) is 9.74. The minimum Gasteiger partial charge on any atom is -0.406 e. The van der Waals surface area contributed by atoms with Crippen LogP contribution in [0.25, 0.3) is 11.3 Å². The van der Waals surface area contributed by atoms with Gasteiger partial charge in [0.2, 0.25) is 5.95 Å². The maximum atomic E-state index is 12.6. The molecule has 3 rings (SSSR count). The van der Waals surface area contributed by atoms with Crippen LogP contribution in [0.1, 0.15) is 6.92 Å². The molecule has 3 N–H and O–H groups in total. The third-order valence-electron chi connectivity index (χ3n) is 3.95. The summed E-state index contributed by atoms with van der Waals surface area (Å²) in [6.45, 7) is 1.54. The molecule has 0 unspecified atom stereocenters. The Bertz CT molecular complexity index is 1050. The molecule has 0 fully saturated rings. The van der Waals surface area contributed by atoms with E-state index in [4.69, 9.17) is 23.2 Å². The van der Waals surface area contributed by atoms with Crippen molar-refractivity contribution in [2.45, 2.75) is 19.3 Å². The number of nitrogens with one attached hydrogen (secondary N) is 2. The second kappa shape index (κ2) is 9.59. The molecule has 0 spiro atoms. The Balaban J connectivity index is 2.03. The van der Waals surface area contributed by atoms with E-state index in [9.17, 15) is 18.3 Å². The summed E-state index contributed by atoms with van der Waals surface area (Å²) >= 11 is 12.4. The average molecular weight is 473 g/mol. The minimum absolute atomic E-state index is 0.145. The van der Waals surface area contributed by atoms with Gasteiger partial charge in [0.1, 0.15) is 11.6 Å². The van der Waals surface area contributed by atoms with Crippen molar-refractivity contribution >= 4 is 40.7 Å². The molecule has 0 bridgehead atoms. The van der Waals surface area contributed by atoms with Gasteiger partial charge in [-0.1, -0.05) is 41.4 Å². The maximum Gasteiger partial charge on any atom is 0.573 e. The lowest BCUT2D eigenvalue weighted by molar-refractivity contribution is -0.274. The fourth-order valence-corrected chi connectivity index (χ4v) is 3.08. The standard InChI is InChI=1S/C20H17Cl2F3N4O2/c1-11(10-30)26-19-27-16(12-4-2-5-13(8-12)31-20(23,24)25)9-17(29-19)28-18-14(21)6-3-7-15(18)22/h2-9,11,30H,10H2,1H3,(H2,26,27,28,29)/t11-/m1/s1. The topological polar surface area (TPSA) is 79.3 Å². The Hall–Kier alpha value is -2.75. The van der Waals surface area contributed by atoms with Crippen LogP contribution in [0.4, 0.5) is 30.6 Å². The van der Waals surface area contributed by atoms with E-state index in [1.165, 1.54) is 24.3 Å². The first kappa shape index (κ1) is 22.9. The second-order valence-electron chi connectivity index (χ2n) is 6.49. The van der Waals surface area contributed by atoms with E-state index in [0.29, 0.717) is 27.0 Å². The molecule has 2 aromatic carbocycles. The van der Waals surface area contributed by atoms with E-state index in [0.717, 1.165) is 0 Å². The summed E-state index contributed by atoms with van der Waals surface area (Å²) in [5.74, 6) is 0.0483. The van der Waals surface area contributed by atoms with Crippen LogP contribution in [0.2, 0.25) is 10.0 Å². The number of hydrogen-bond acceptors (Lipinski definition) is 6. The molecule has 6 nitrogen and oxygen atoms in total. The van der Waals surface area contributed by atoms with Crippen molar-refractivity contribution in [2.24, 2.45) is 0 Å². The molecule has 1 aromatic heterocycles. The molecule has 3 aromatic rings. The fraction of sp³-hybridized carbons (Fsp3) is 0.200. The highest BCUT2D eigenvalue weighted by Crippen LogP contribution is 2.34. The lowest BCUT2D eigenvalue weighted by Gasteiger charge is -2.16. The van der Waals surface area contributed by atoms with Crippen LogP contribution in [-0.4, -0.2) is 34.1 Å². The van der Waals surface area contributed by atoms with Crippen molar-refractivity contribution in [3.8, 4) is 17.0 Å². The summed E-state index contributed by atoms with van der Waals surface area (Å²) in [4.78, 5) is 8.67. The number of aliphatic hydroxyl groups excluding tert-OH is 1. The van der Waals surface area contributed by atoms with E-state index in [2.05, 4.69) is 25.3 Å². The van der Waals surface area contributed by atoms with Gasteiger partial charge in [-0.05, 0) is 31.2 Å². The summed E-state index contributed by atoms with van der Waals surface area (Å²) in [7, 11) is 0. The summed E-state index contributed by atoms with van der Waals surface area (Å²) < 4.78 is 41.8. The average Bonchev–Trinajstić information content (AvgIpc) is 2.69. The lowest BCUT2D eigenvalue weighted by Crippen LogP contribution is -2.21. The van der Waals surface area contributed by atoms with Gasteiger partial charge >= 0.3 is 6.36 Å². The van der Waals surface area contributed by atoms with Crippen molar-refractivity contribution < 1.29 is 23.0 Å². The maximum absolute atomic E-state index is 12.6. The molecule has 0 aliphatic heterocycles. The van der Waals surface area contributed by atoms with E-state index < -0.39 is 6.36 Å². The van der Waals surface area contributed by atoms with Gasteiger partial charge in [-0.2, -0.15) is 4.98 Å². The number of anilines is 3. The zero-order valence-electron chi connectivity index (χ0n) is 16.0. The van der Waals surface area contributed by atoms with Crippen LogP contribution in [-0.2, 0) is 0 Å². The highest BCUT2D eigenvalue weighted by Gasteiger charge is 2.31. The van der Waals surface area contributed by atoms with Crippen LogP contribution in [0.15, 0.2) is 48.5 Å². The number of halogens is 5. The van der Waals surface area contributed by atoms with E-state index in [1.807, 2.05) is 0 Å². The zero-order valence-corrected chi connectivity index (χ0v) is 17.6. The van der Waals surface area contributed by atoms with Crippen LogP contribution < -0.4 is 15.4 Å². The van der Waals surface area contributed by atoms with Crippen molar-refractivity contribution in [2.75, 3.05) is 17.2 Å². The molecule has 0 saturated carbocycles. The normalized spacial score (nSPS) is 12.4. The van der Waals surface area contributed by atoms with Crippen LogP contribution in [0, 0.1) is 0 Å². The first-order valence-electron chi connectivity index (χ1n) is 8.98. The first-order chi connectivity index (χ1) is 14.6. The molecule has 0 amide bonds. The number of ether oxygens (including phenoxy) is 1. The van der Waals surface area contributed by atoms with Gasteiger partial charge in [0.25, 0.3) is 0 Å². The van der Waals surface area contributed by atoms with Crippen molar-refractivity contribution in [1.29, 1.82) is 0 Å². The lowest BCUT2D eigenvalue weighted by atomic mass is 10.1. The summed E-state index contributed by atoms with van der Waals surface area (Å²) in [6, 6.07) is 11.5. The number of benzene rings is 2. The molecule has 0 aliphatic rings. The summed E-state index contributed by atoms with van der Waals surface area (Å²) in [6.07, 6.45) is -4.82. The second-order valence-corrected chi connectivity index (χ2v) is 7.30. The van der Waals surface area contributed by atoms with Gasteiger partial charge in [0.15, 0.2) is 0 Å². The van der Waals surface area contributed by atoms with Gasteiger partial charge in [-0.3, -0.25) is 0 Å². The zero-order chi connectivity index (χ0) is 22.6. The van der Waals surface area contributed by atoms with E-state index in [-0.39, 0.29) is 30.2 Å². The Morgan fingerprint density at radius 2 is 1.74 bits per heavy atom. The predicted octanol–water partition coefficient (Wildman–Crippen LogP) is 5.89. The Morgan fingerprint density at radius 1 is 1.06 bits per heavy atom. The van der Waals surface area contributed by atoms with Crippen LogP contribution in [0.5, 0.6) is 5.75 Å². The van der Waals surface area contributed by atoms with Crippen LogP contribution in [0.3, 0.4) is 0 Å². The number of rotatable bonds is 7. The van der Waals surface area contributed by atoms with E-state index in [1.54, 1.807) is 31.2 Å². The molecule has 164 valence electrons. The summed E-state index contributed by atoms with van der Waals surface area (Å²) in [5, 5.41) is 15.9. The number of alkyl halides is 3. The number of aromatic nitrogens is 2. The molecule has 1 atom stereocenters. The molecule has 31 heavy (non-hydrogen) atoms. The third-order valence-corrected chi connectivity index (χ3v) is 4.58. The van der Waals surface area contributed by atoms with Crippen molar-refractivity contribution in [3.63, 3.8) is 0 Å². The molecule has 11 heteroatoms. The molecule has 0 saturated heterocycles. The number of aliphatic hydroxyl groups is 1. The molecule has 1 heterocycles. The SMILES string of the molecule is C[C@H](CO)Nc1nc(Nc2c(Cl)cccc2Cl)cc(-c2cccc(OC(F)(F)F)c2)n1. The quantitative estimate of drug-likeness (QED) is 0.398.